The fraction of sp³-hybridized carbons (Fsp3) is 0.167. The molecule has 1 fully saturated rings. The average molecular weight is 447 g/mol. The third kappa shape index (κ3) is 3.92. The van der Waals surface area contributed by atoms with Crippen LogP contribution in [0.3, 0.4) is 0 Å². The summed E-state index contributed by atoms with van der Waals surface area (Å²) in [5.74, 6) is -0.885. The lowest BCUT2D eigenvalue weighted by Crippen LogP contribution is -2.44. The second kappa shape index (κ2) is 8.76. The highest BCUT2D eigenvalue weighted by molar-refractivity contribution is 7.14. The highest BCUT2D eigenvalue weighted by Crippen LogP contribution is 2.30. The van der Waals surface area contributed by atoms with Crippen molar-refractivity contribution in [2.24, 2.45) is 0 Å². The number of hydrogen-bond acceptors (Lipinski definition) is 5. The summed E-state index contributed by atoms with van der Waals surface area (Å²) in [6.45, 7) is 5.18. The molecule has 8 heteroatoms. The zero-order valence-corrected chi connectivity index (χ0v) is 18.3. The van der Waals surface area contributed by atoms with Crippen molar-refractivity contribution in [1.82, 2.24) is 15.2 Å². The first-order valence-electron chi connectivity index (χ1n) is 10.1. The number of rotatable bonds is 7. The molecule has 1 atom stereocenters. The van der Waals surface area contributed by atoms with E-state index in [-0.39, 0.29) is 13.1 Å². The molecular weight excluding hydrogens is 424 g/mol. The SMILES string of the molecule is C=CCN(C(=O)CN1C(=O)NC(C)(c2ccccc2)C1=O)c1nc(-c2ccccc2)cs1. The topological polar surface area (TPSA) is 82.6 Å². The predicted octanol–water partition coefficient (Wildman–Crippen LogP) is 3.80. The molecule has 1 N–H and O–H groups in total. The number of hydrogen-bond donors (Lipinski definition) is 1. The highest BCUT2D eigenvalue weighted by Gasteiger charge is 2.49. The summed E-state index contributed by atoms with van der Waals surface area (Å²) in [7, 11) is 0. The molecule has 0 saturated carbocycles. The second-order valence-corrected chi connectivity index (χ2v) is 8.32. The van der Waals surface area contributed by atoms with Gasteiger partial charge in [-0.3, -0.25) is 19.4 Å². The minimum atomic E-state index is -1.22. The van der Waals surface area contributed by atoms with Crippen LogP contribution < -0.4 is 10.2 Å². The molecule has 1 aromatic heterocycles. The molecule has 0 aliphatic carbocycles. The monoisotopic (exact) mass is 446 g/mol. The number of anilines is 1. The summed E-state index contributed by atoms with van der Waals surface area (Å²) < 4.78 is 0. The van der Waals surface area contributed by atoms with Gasteiger partial charge >= 0.3 is 6.03 Å². The minimum absolute atomic E-state index is 0.209. The average Bonchev–Trinajstić information content (AvgIpc) is 3.38. The van der Waals surface area contributed by atoms with Crippen molar-refractivity contribution in [1.29, 1.82) is 0 Å². The summed E-state index contributed by atoms with van der Waals surface area (Å²) in [6.07, 6.45) is 1.58. The molecule has 1 aliphatic heterocycles. The van der Waals surface area contributed by atoms with Crippen LogP contribution in [0.2, 0.25) is 0 Å². The Labute approximate surface area is 190 Å². The van der Waals surface area contributed by atoms with Crippen LogP contribution in [0, 0.1) is 0 Å². The fourth-order valence-electron chi connectivity index (χ4n) is 3.57. The van der Waals surface area contributed by atoms with Gasteiger partial charge in [0, 0.05) is 17.5 Å². The predicted molar refractivity (Wildman–Crippen MR) is 124 cm³/mol. The lowest BCUT2D eigenvalue weighted by atomic mass is 9.92. The smallest absolute Gasteiger partial charge is 0.319 e. The van der Waals surface area contributed by atoms with Crippen LogP contribution in [0.25, 0.3) is 11.3 Å². The van der Waals surface area contributed by atoms with Gasteiger partial charge in [-0.2, -0.15) is 0 Å². The first kappa shape index (κ1) is 21.5. The number of amides is 4. The van der Waals surface area contributed by atoms with Crippen LogP contribution in [0.15, 0.2) is 78.7 Å². The number of imide groups is 1. The Morgan fingerprint density at radius 1 is 1.16 bits per heavy atom. The maximum atomic E-state index is 13.1. The number of carbonyl (C=O) groups excluding carboxylic acids is 3. The van der Waals surface area contributed by atoms with Gasteiger partial charge in [-0.15, -0.1) is 17.9 Å². The van der Waals surface area contributed by atoms with E-state index in [0.29, 0.717) is 10.7 Å². The lowest BCUT2D eigenvalue weighted by molar-refractivity contribution is -0.134. The maximum Gasteiger partial charge on any atom is 0.325 e. The molecule has 1 saturated heterocycles. The molecule has 4 amide bonds. The number of urea groups is 1. The van der Waals surface area contributed by atoms with Crippen LogP contribution in [0.4, 0.5) is 9.93 Å². The van der Waals surface area contributed by atoms with E-state index >= 15 is 0 Å². The number of aromatic nitrogens is 1. The number of carbonyl (C=O) groups is 3. The maximum absolute atomic E-state index is 13.1. The Bertz CT molecular complexity index is 1160. The molecule has 4 rings (SSSR count). The molecule has 2 heterocycles. The van der Waals surface area contributed by atoms with Crippen LogP contribution in [0.5, 0.6) is 0 Å². The van der Waals surface area contributed by atoms with Crippen molar-refractivity contribution >= 4 is 34.3 Å². The van der Waals surface area contributed by atoms with Gasteiger partial charge in [0.25, 0.3) is 5.91 Å². The summed E-state index contributed by atoms with van der Waals surface area (Å²) in [5.41, 5.74) is 1.13. The fourth-order valence-corrected chi connectivity index (χ4v) is 4.43. The largest absolute Gasteiger partial charge is 0.325 e. The van der Waals surface area contributed by atoms with Gasteiger partial charge in [0.2, 0.25) is 5.91 Å². The number of benzene rings is 2. The Morgan fingerprint density at radius 3 is 2.47 bits per heavy atom. The Morgan fingerprint density at radius 2 is 1.81 bits per heavy atom. The number of nitrogens with zero attached hydrogens (tertiary/aromatic N) is 3. The van der Waals surface area contributed by atoms with Gasteiger partial charge in [-0.1, -0.05) is 66.7 Å². The van der Waals surface area contributed by atoms with Crippen molar-refractivity contribution in [3.05, 3.63) is 84.3 Å². The van der Waals surface area contributed by atoms with Crippen LogP contribution in [-0.4, -0.2) is 40.8 Å². The first-order valence-corrected chi connectivity index (χ1v) is 10.9. The van der Waals surface area contributed by atoms with E-state index in [0.717, 1.165) is 16.2 Å². The molecule has 7 nitrogen and oxygen atoms in total. The quantitative estimate of drug-likeness (QED) is 0.442. The third-order valence-electron chi connectivity index (χ3n) is 5.32. The van der Waals surface area contributed by atoms with Crippen molar-refractivity contribution in [3.8, 4) is 11.3 Å². The lowest BCUT2D eigenvalue weighted by Gasteiger charge is -2.23. The van der Waals surface area contributed by atoms with E-state index in [1.165, 1.54) is 16.2 Å². The minimum Gasteiger partial charge on any atom is -0.319 e. The van der Waals surface area contributed by atoms with Crippen molar-refractivity contribution in [3.63, 3.8) is 0 Å². The second-order valence-electron chi connectivity index (χ2n) is 7.49. The molecule has 3 aromatic rings. The van der Waals surface area contributed by atoms with E-state index < -0.39 is 23.4 Å². The van der Waals surface area contributed by atoms with Gasteiger partial charge in [-0.25, -0.2) is 9.78 Å². The van der Waals surface area contributed by atoms with Crippen molar-refractivity contribution in [2.45, 2.75) is 12.5 Å². The molecule has 0 bridgehead atoms. The molecular formula is C24H22N4O3S. The molecule has 0 radical (unpaired) electrons. The Balaban J connectivity index is 1.55. The summed E-state index contributed by atoms with van der Waals surface area (Å²) in [6, 6.07) is 18.0. The molecule has 2 aromatic carbocycles. The Hall–Kier alpha value is -3.78. The van der Waals surface area contributed by atoms with Gasteiger partial charge in [0.05, 0.1) is 5.69 Å². The summed E-state index contributed by atoms with van der Waals surface area (Å²) >= 11 is 1.32. The van der Waals surface area contributed by atoms with Crippen molar-refractivity contribution in [2.75, 3.05) is 18.0 Å². The van der Waals surface area contributed by atoms with Crippen LogP contribution in [0.1, 0.15) is 12.5 Å². The Kier molecular flexibility index (Phi) is 5.87. The van der Waals surface area contributed by atoms with E-state index in [4.69, 9.17) is 0 Å². The van der Waals surface area contributed by atoms with Gasteiger partial charge < -0.3 is 5.32 Å². The summed E-state index contributed by atoms with van der Waals surface area (Å²) in [5, 5.41) is 5.07. The first-order chi connectivity index (χ1) is 15.4. The molecule has 1 aliphatic rings. The number of thiazole rings is 1. The highest BCUT2D eigenvalue weighted by atomic mass is 32.1. The van der Waals surface area contributed by atoms with Crippen molar-refractivity contribution < 1.29 is 14.4 Å². The van der Waals surface area contributed by atoms with E-state index in [2.05, 4.69) is 16.9 Å². The molecule has 162 valence electrons. The van der Waals surface area contributed by atoms with Gasteiger partial charge in [0.15, 0.2) is 5.13 Å². The molecule has 0 spiro atoms. The van der Waals surface area contributed by atoms with E-state index in [1.807, 2.05) is 41.8 Å². The standard InChI is InChI=1S/C24H22N4O3S/c1-3-14-27(23-25-19(16-32-23)17-10-6-4-7-11-17)20(29)15-28-21(30)24(2,26-22(28)31)18-12-8-5-9-13-18/h3-13,16H,1,14-15H2,2H3,(H,26,31). The number of nitrogens with one attached hydrogen (secondary N) is 1. The summed E-state index contributed by atoms with van der Waals surface area (Å²) in [4.78, 5) is 45.8. The molecule has 1 unspecified atom stereocenters. The zero-order valence-electron chi connectivity index (χ0n) is 17.5. The third-order valence-corrected chi connectivity index (χ3v) is 6.19. The van der Waals surface area contributed by atoms with Gasteiger partial charge in [0.1, 0.15) is 12.1 Å². The zero-order chi connectivity index (χ0) is 22.7. The molecule has 32 heavy (non-hydrogen) atoms. The van der Waals surface area contributed by atoms with Gasteiger partial charge in [-0.05, 0) is 12.5 Å². The normalized spacial score (nSPS) is 17.8. The van der Waals surface area contributed by atoms with Crippen LogP contribution >= 0.6 is 11.3 Å². The van der Waals surface area contributed by atoms with E-state index in [1.54, 1.807) is 37.3 Å². The van der Waals surface area contributed by atoms with Crippen LogP contribution in [-0.2, 0) is 15.1 Å². The van der Waals surface area contributed by atoms with E-state index in [9.17, 15) is 14.4 Å².